The first kappa shape index (κ1) is 12.4. The van der Waals surface area contributed by atoms with Gasteiger partial charge in [0.25, 0.3) is 0 Å². The molecule has 0 aliphatic rings. The minimum absolute atomic E-state index is 0.792. The van der Waals surface area contributed by atoms with E-state index in [1.54, 1.807) is 12.2 Å². The lowest BCUT2D eigenvalue weighted by atomic mass is 10.0. The average molecular weight is 191 g/mol. The van der Waals surface area contributed by atoms with Crippen molar-refractivity contribution in [3.63, 3.8) is 0 Å². The zero-order valence-corrected chi connectivity index (χ0v) is 9.00. The normalized spacial score (nSPS) is 13.8. The van der Waals surface area contributed by atoms with E-state index in [1.807, 2.05) is 33.0 Å². The first-order chi connectivity index (χ1) is 6.71. The lowest BCUT2D eigenvalue weighted by Gasteiger charge is -2.10. The SMILES string of the molecule is C=C\C=C(NC)/C(=C\C)C(/C)=C\C=O. The van der Waals surface area contributed by atoms with Crippen LogP contribution in [0.4, 0.5) is 0 Å². The van der Waals surface area contributed by atoms with Crippen LogP contribution in [0.5, 0.6) is 0 Å². The molecule has 1 N–H and O–H groups in total. The molecule has 2 nitrogen and oxygen atoms in total. The Labute approximate surface area is 85.7 Å². The van der Waals surface area contributed by atoms with Crippen LogP contribution in [-0.4, -0.2) is 13.3 Å². The number of aldehydes is 1. The highest BCUT2D eigenvalue weighted by atomic mass is 16.1. The Kier molecular flexibility index (Phi) is 6.12. The van der Waals surface area contributed by atoms with Crippen molar-refractivity contribution in [1.29, 1.82) is 0 Å². The zero-order valence-electron chi connectivity index (χ0n) is 9.00. The van der Waals surface area contributed by atoms with Crippen molar-refractivity contribution in [3.8, 4) is 0 Å². The Balaban J connectivity index is 5.08. The van der Waals surface area contributed by atoms with Gasteiger partial charge in [0.2, 0.25) is 0 Å². The highest BCUT2D eigenvalue weighted by molar-refractivity contribution is 5.69. The van der Waals surface area contributed by atoms with Crippen LogP contribution in [0, 0.1) is 0 Å². The van der Waals surface area contributed by atoms with Crippen LogP contribution >= 0.6 is 0 Å². The maximum absolute atomic E-state index is 10.3. The molecule has 0 aliphatic heterocycles. The van der Waals surface area contributed by atoms with Crippen molar-refractivity contribution in [2.75, 3.05) is 7.05 Å². The standard InChI is InChI=1S/C12H17NO/c1-5-7-12(13-4)11(6-2)10(3)8-9-14/h5-9,13H,1H2,2-4H3/b10-8-,11-6-,12-7+. The Morgan fingerprint density at radius 1 is 1.36 bits per heavy atom. The lowest BCUT2D eigenvalue weighted by molar-refractivity contribution is -0.104. The molecule has 0 spiro atoms. The second-order valence-electron chi connectivity index (χ2n) is 2.75. The molecular formula is C12H17NO. The van der Waals surface area contributed by atoms with Crippen molar-refractivity contribution < 1.29 is 4.79 Å². The summed E-state index contributed by atoms with van der Waals surface area (Å²) in [5.41, 5.74) is 2.91. The van der Waals surface area contributed by atoms with Gasteiger partial charge in [-0.2, -0.15) is 0 Å². The summed E-state index contributed by atoms with van der Waals surface area (Å²) >= 11 is 0. The minimum atomic E-state index is 0.792. The van der Waals surface area contributed by atoms with Gasteiger partial charge in [-0.15, -0.1) is 0 Å². The minimum Gasteiger partial charge on any atom is -0.388 e. The predicted molar refractivity (Wildman–Crippen MR) is 60.9 cm³/mol. The number of carbonyl (C=O) groups is 1. The Morgan fingerprint density at radius 2 is 2.00 bits per heavy atom. The summed E-state index contributed by atoms with van der Waals surface area (Å²) in [4.78, 5) is 10.3. The van der Waals surface area contributed by atoms with E-state index in [0.717, 1.165) is 23.1 Å². The molecule has 0 saturated carbocycles. The molecule has 0 aromatic carbocycles. The van der Waals surface area contributed by atoms with Gasteiger partial charge in [-0.05, 0) is 37.1 Å². The summed E-state index contributed by atoms with van der Waals surface area (Å²) in [7, 11) is 1.84. The van der Waals surface area contributed by atoms with E-state index in [9.17, 15) is 4.79 Å². The van der Waals surface area contributed by atoms with Crippen molar-refractivity contribution in [1.82, 2.24) is 5.32 Å². The van der Waals surface area contributed by atoms with Crippen molar-refractivity contribution in [2.45, 2.75) is 13.8 Å². The van der Waals surface area contributed by atoms with Crippen LogP contribution < -0.4 is 5.32 Å². The Bertz CT molecular complexity index is 295. The monoisotopic (exact) mass is 191 g/mol. The third-order valence-electron chi connectivity index (χ3n) is 1.88. The van der Waals surface area contributed by atoms with Crippen LogP contribution in [0.25, 0.3) is 0 Å². The molecule has 14 heavy (non-hydrogen) atoms. The summed E-state index contributed by atoms with van der Waals surface area (Å²) < 4.78 is 0. The maximum atomic E-state index is 10.3. The summed E-state index contributed by atoms with van der Waals surface area (Å²) in [6.45, 7) is 7.47. The summed E-state index contributed by atoms with van der Waals surface area (Å²) in [6.07, 6.45) is 7.88. The van der Waals surface area contributed by atoms with Crippen molar-refractivity contribution in [3.05, 3.63) is 47.7 Å². The molecule has 0 radical (unpaired) electrons. The molecule has 76 valence electrons. The fourth-order valence-electron chi connectivity index (χ4n) is 1.21. The molecular weight excluding hydrogens is 174 g/mol. The van der Waals surface area contributed by atoms with Gasteiger partial charge in [-0.3, -0.25) is 4.79 Å². The Morgan fingerprint density at radius 3 is 2.36 bits per heavy atom. The molecule has 0 amide bonds. The van der Waals surface area contributed by atoms with Gasteiger partial charge in [0.15, 0.2) is 0 Å². The van der Waals surface area contributed by atoms with Crippen LogP contribution in [0.3, 0.4) is 0 Å². The second-order valence-corrected chi connectivity index (χ2v) is 2.75. The number of allylic oxidation sites excluding steroid dienone is 5. The maximum Gasteiger partial charge on any atom is 0.143 e. The summed E-state index contributed by atoms with van der Waals surface area (Å²) in [5, 5.41) is 3.06. The van der Waals surface area contributed by atoms with Crippen molar-refractivity contribution in [2.24, 2.45) is 0 Å². The number of likely N-dealkylation sites (N-methyl/N-ethyl adjacent to an activating group) is 1. The predicted octanol–water partition coefficient (Wildman–Crippen LogP) is 2.37. The summed E-state index contributed by atoms with van der Waals surface area (Å²) in [5.74, 6) is 0. The molecule has 0 aliphatic carbocycles. The van der Waals surface area contributed by atoms with E-state index in [2.05, 4.69) is 11.9 Å². The molecule has 0 heterocycles. The number of hydrogen-bond acceptors (Lipinski definition) is 2. The number of hydrogen-bond donors (Lipinski definition) is 1. The van der Waals surface area contributed by atoms with Gasteiger partial charge in [0.05, 0.1) is 0 Å². The quantitative estimate of drug-likeness (QED) is 0.410. The molecule has 0 saturated heterocycles. The highest BCUT2D eigenvalue weighted by Crippen LogP contribution is 2.16. The fourth-order valence-corrected chi connectivity index (χ4v) is 1.21. The van der Waals surface area contributed by atoms with E-state index < -0.39 is 0 Å². The smallest absolute Gasteiger partial charge is 0.143 e. The molecule has 0 atom stereocenters. The molecule has 0 rings (SSSR count). The molecule has 0 aromatic rings. The van der Waals surface area contributed by atoms with E-state index in [0.29, 0.717) is 0 Å². The Hall–Kier alpha value is -1.57. The van der Waals surface area contributed by atoms with Gasteiger partial charge in [0, 0.05) is 12.7 Å². The third-order valence-corrected chi connectivity index (χ3v) is 1.88. The first-order valence-electron chi connectivity index (χ1n) is 4.50. The van der Waals surface area contributed by atoms with E-state index >= 15 is 0 Å². The topological polar surface area (TPSA) is 29.1 Å². The van der Waals surface area contributed by atoms with Gasteiger partial charge < -0.3 is 5.32 Å². The molecule has 0 unspecified atom stereocenters. The van der Waals surface area contributed by atoms with Gasteiger partial charge >= 0.3 is 0 Å². The first-order valence-corrected chi connectivity index (χ1v) is 4.50. The van der Waals surface area contributed by atoms with E-state index in [1.165, 1.54) is 0 Å². The molecule has 0 fully saturated rings. The van der Waals surface area contributed by atoms with Gasteiger partial charge in [-0.25, -0.2) is 0 Å². The highest BCUT2D eigenvalue weighted by Gasteiger charge is 2.02. The van der Waals surface area contributed by atoms with Gasteiger partial charge in [0.1, 0.15) is 6.29 Å². The zero-order chi connectivity index (χ0) is 11.0. The molecule has 0 bridgehead atoms. The number of nitrogens with one attached hydrogen (secondary N) is 1. The van der Waals surface area contributed by atoms with E-state index in [-0.39, 0.29) is 0 Å². The van der Waals surface area contributed by atoms with E-state index in [4.69, 9.17) is 0 Å². The molecule has 2 heteroatoms. The van der Waals surface area contributed by atoms with Crippen LogP contribution in [0.15, 0.2) is 47.7 Å². The summed E-state index contributed by atoms with van der Waals surface area (Å²) in [6, 6.07) is 0. The average Bonchev–Trinajstić information content (AvgIpc) is 2.18. The molecule has 0 aromatic heterocycles. The van der Waals surface area contributed by atoms with Crippen LogP contribution in [0.1, 0.15) is 13.8 Å². The number of rotatable bonds is 5. The largest absolute Gasteiger partial charge is 0.388 e. The van der Waals surface area contributed by atoms with Crippen LogP contribution in [0.2, 0.25) is 0 Å². The third kappa shape index (κ3) is 3.44. The van der Waals surface area contributed by atoms with Crippen molar-refractivity contribution >= 4 is 6.29 Å². The lowest BCUT2D eigenvalue weighted by Crippen LogP contribution is -2.09. The van der Waals surface area contributed by atoms with Crippen LogP contribution in [-0.2, 0) is 4.79 Å². The number of carbonyl (C=O) groups excluding carboxylic acids is 1. The van der Waals surface area contributed by atoms with Gasteiger partial charge in [-0.1, -0.05) is 18.7 Å². The fraction of sp³-hybridized carbons (Fsp3) is 0.250. The second kappa shape index (κ2) is 6.89.